The minimum Gasteiger partial charge on any atom is -0.444 e. The number of rotatable bonds is 4. The van der Waals surface area contributed by atoms with Crippen molar-refractivity contribution in [3.63, 3.8) is 0 Å². The van der Waals surface area contributed by atoms with Crippen LogP contribution in [0.15, 0.2) is 0 Å². The van der Waals surface area contributed by atoms with Crippen LogP contribution in [0.4, 0.5) is 26.7 Å². The van der Waals surface area contributed by atoms with Crippen molar-refractivity contribution in [2.24, 2.45) is 5.92 Å². The van der Waals surface area contributed by atoms with Crippen LogP contribution in [0.2, 0.25) is 0 Å². The fourth-order valence-electron chi connectivity index (χ4n) is 2.16. The molecule has 5 nitrogen and oxygen atoms in total. The van der Waals surface area contributed by atoms with Crippen LogP contribution in [0.1, 0.15) is 34.6 Å². The largest absolute Gasteiger partial charge is 0.444 e. The zero-order chi connectivity index (χ0) is 21.3. The summed E-state index contributed by atoms with van der Waals surface area (Å²) < 4.78 is 76.5. The quantitative estimate of drug-likeness (QED) is 0.252. The highest BCUT2D eigenvalue weighted by Gasteiger charge is 2.36. The number of halogens is 5. The van der Waals surface area contributed by atoms with Crippen molar-refractivity contribution in [3.05, 3.63) is 29.1 Å². The van der Waals surface area contributed by atoms with Gasteiger partial charge in [-0.15, -0.1) is 0 Å². The maximum absolute atomic E-state index is 13.7. The SMILES string of the molecule is CC(C)C(C(=O)Oc1c(F)c(F)c(F)c(F)c1F)N(C)C(=O)OC(C)(C)C. The van der Waals surface area contributed by atoms with E-state index in [1.807, 2.05) is 0 Å². The van der Waals surface area contributed by atoms with Gasteiger partial charge in [-0.1, -0.05) is 13.8 Å². The van der Waals surface area contributed by atoms with Gasteiger partial charge in [-0.3, -0.25) is 4.90 Å². The van der Waals surface area contributed by atoms with E-state index < -0.39 is 64.5 Å². The molecule has 1 aromatic rings. The molecule has 1 unspecified atom stereocenters. The zero-order valence-electron chi connectivity index (χ0n) is 15.6. The predicted molar refractivity (Wildman–Crippen MR) is 84.5 cm³/mol. The Balaban J connectivity index is 3.20. The summed E-state index contributed by atoms with van der Waals surface area (Å²) in [5.41, 5.74) is -0.891. The molecule has 0 heterocycles. The minimum atomic E-state index is -2.38. The maximum atomic E-state index is 13.7. The molecule has 152 valence electrons. The van der Waals surface area contributed by atoms with E-state index in [-0.39, 0.29) is 0 Å². The Bertz CT molecular complexity index is 717. The van der Waals surface area contributed by atoms with Gasteiger partial charge in [0.1, 0.15) is 11.6 Å². The number of carbonyl (C=O) groups excluding carboxylic acids is 2. The Morgan fingerprint density at radius 1 is 0.889 bits per heavy atom. The van der Waals surface area contributed by atoms with Gasteiger partial charge in [0.15, 0.2) is 0 Å². The lowest BCUT2D eigenvalue weighted by Crippen LogP contribution is -2.49. The van der Waals surface area contributed by atoms with Crippen LogP contribution < -0.4 is 4.74 Å². The van der Waals surface area contributed by atoms with Crippen LogP contribution >= 0.6 is 0 Å². The third-order valence-corrected chi connectivity index (χ3v) is 3.34. The minimum absolute atomic E-state index is 0.628. The van der Waals surface area contributed by atoms with Gasteiger partial charge >= 0.3 is 12.1 Å². The predicted octanol–water partition coefficient (Wildman–Crippen LogP) is 4.18. The van der Waals surface area contributed by atoms with Crippen LogP contribution in [-0.4, -0.2) is 35.7 Å². The fourth-order valence-corrected chi connectivity index (χ4v) is 2.16. The molecular weight excluding hydrogens is 377 g/mol. The second-order valence-corrected chi connectivity index (χ2v) is 7.10. The normalized spacial score (nSPS) is 12.7. The molecule has 0 spiro atoms. The highest BCUT2D eigenvalue weighted by atomic mass is 19.2. The molecule has 0 aliphatic rings. The van der Waals surface area contributed by atoms with E-state index in [2.05, 4.69) is 4.74 Å². The number of benzene rings is 1. The molecular formula is C17H20F5NO4. The molecule has 27 heavy (non-hydrogen) atoms. The lowest BCUT2D eigenvalue weighted by Gasteiger charge is -2.31. The van der Waals surface area contributed by atoms with Crippen LogP contribution in [0.5, 0.6) is 5.75 Å². The number of amides is 1. The molecule has 0 radical (unpaired) electrons. The molecule has 0 bridgehead atoms. The summed E-state index contributed by atoms with van der Waals surface area (Å²) in [7, 11) is 1.18. The standard InChI is InChI=1S/C17H20F5NO4/c1-7(2)13(23(6)16(25)27-17(3,4)5)15(24)26-14-11(21)9(19)8(18)10(20)12(14)22/h7,13H,1-6H3. The number of ether oxygens (including phenoxy) is 2. The van der Waals surface area contributed by atoms with E-state index in [0.29, 0.717) is 0 Å². The zero-order valence-corrected chi connectivity index (χ0v) is 15.6. The van der Waals surface area contributed by atoms with Gasteiger partial charge in [0, 0.05) is 7.05 Å². The average Bonchev–Trinajstić information content (AvgIpc) is 2.53. The summed E-state index contributed by atoms with van der Waals surface area (Å²) in [5, 5.41) is 0. The van der Waals surface area contributed by atoms with Gasteiger partial charge in [-0.25, -0.2) is 22.8 Å². The lowest BCUT2D eigenvalue weighted by molar-refractivity contribution is -0.142. The summed E-state index contributed by atoms with van der Waals surface area (Å²) in [5.74, 6) is -15.2. The Morgan fingerprint density at radius 2 is 1.30 bits per heavy atom. The first-order valence-corrected chi connectivity index (χ1v) is 7.88. The molecule has 1 rings (SSSR count). The summed E-state index contributed by atoms with van der Waals surface area (Å²) in [6.07, 6.45) is -0.935. The van der Waals surface area contributed by atoms with E-state index in [0.717, 1.165) is 4.90 Å². The van der Waals surface area contributed by atoms with Gasteiger partial charge in [-0.2, -0.15) is 8.78 Å². The molecule has 0 fully saturated rings. The summed E-state index contributed by atoms with van der Waals surface area (Å²) in [4.78, 5) is 25.3. The van der Waals surface area contributed by atoms with Crippen molar-refractivity contribution >= 4 is 12.1 Å². The van der Waals surface area contributed by atoms with Crippen molar-refractivity contribution in [1.82, 2.24) is 4.90 Å². The van der Waals surface area contributed by atoms with Gasteiger partial charge in [0.05, 0.1) is 0 Å². The Labute approximate surface area is 153 Å². The van der Waals surface area contributed by atoms with Crippen molar-refractivity contribution in [3.8, 4) is 5.75 Å². The van der Waals surface area contributed by atoms with Crippen LogP contribution in [0.25, 0.3) is 0 Å². The fraction of sp³-hybridized carbons (Fsp3) is 0.529. The number of hydrogen-bond donors (Lipinski definition) is 0. The first kappa shape index (κ1) is 22.7. The summed E-state index contributed by atoms with van der Waals surface area (Å²) >= 11 is 0. The van der Waals surface area contributed by atoms with Crippen LogP contribution in [-0.2, 0) is 9.53 Å². The number of carbonyl (C=O) groups is 2. The van der Waals surface area contributed by atoms with Gasteiger partial charge in [0.2, 0.25) is 34.8 Å². The maximum Gasteiger partial charge on any atom is 0.410 e. The van der Waals surface area contributed by atoms with E-state index in [4.69, 9.17) is 4.74 Å². The molecule has 0 aromatic heterocycles. The molecule has 0 N–H and O–H groups in total. The highest BCUT2D eigenvalue weighted by molar-refractivity contribution is 5.83. The summed E-state index contributed by atoms with van der Waals surface area (Å²) in [6.45, 7) is 7.72. The van der Waals surface area contributed by atoms with Gasteiger partial charge in [0.25, 0.3) is 0 Å². The topological polar surface area (TPSA) is 55.8 Å². The number of nitrogens with zero attached hydrogens (tertiary/aromatic N) is 1. The van der Waals surface area contributed by atoms with Crippen molar-refractivity contribution in [2.45, 2.75) is 46.3 Å². The smallest absolute Gasteiger partial charge is 0.410 e. The van der Waals surface area contributed by atoms with Gasteiger partial charge in [-0.05, 0) is 26.7 Å². The van der Waals surface area contributed by atoms with E-state index >= 15 is 0 Å². The van der Waals surface area contributed by atoms with Gasteiger partial charge < -0.3 is 9.47 Å². The third kappa shape index (κ3) is 5.08. The molecule has 1 atom stereocenters. The first-order valence-electron chi connectivity index (χ1n) is 7.88. The van der Waals surface area contributed by atoms with E-state index in [1.165, 1.54) is 20.9 Å². The Hall–Kier alpha value is -2.39. The molecule has 10 heteroatoms. The van der Waals surface area contributed by atoms with Crippen LogP contribution in [0, 0.1) is 35.0 Å². The summed E-state index contributed by atoms with van der Waals surface area (Å²) in [6, 6.07) is -1.41. The Morgan fingerprint density at radius 3 is 1.67 bits per heavy atom. The third-order valence-electron chi connectivity index (χ3n) is 3.34. The second kappa shape index (κ2) is 8.10. The average molecular weight is 397 g/mol. The molecule has 1 aromatic carbocycles. The highest BCUT2D eigenvalue weighted by Crippen LogP contribution is 2.30. The van der Waals surface area contributed by atoms with Crippen molar-refractivity contribution in [2.75, 3.05) is 7.05 Å². The molecule has 0 saturated carbocycles. The number of esters is 1. The molecule has 0 saturated heterocycles. The van der Waals surface area contributed by atoms with Crippen molar-refractivity contribution in [1.29, 1.82) is 0 Å². The lowest BCUT2D eigenvalue weighted by atomic mass is 10.0. The van der Waals surface area contributed by atoms with Crippen LogP contribution in [0.3, 0.4) is 0 Å². The monoisotopic (exact) mass is 397 g/mol. The first-order chi connectivity index (χ1) is 12.2. The number of likely N-dealkylation sites (N-methyl/N-ethyl adjacent to an activating group) is 1. The van der Waals surface area contributed by atoms with Crippen molar-refractivity contribution < 1.29 is 41.0 Å². The van der Waals surface area contributed by atoms with E-state index in [9.17, 15) is 31.5 Å². The Kier molecular flexibility index (Phi) is 6.79. The molecule has 0 aliphatic heterocycles. The number of hydrogen-bond acceptors (Lipinski definition) is 4. The molecule has 0 aliphatic carbocycles. The molecule has 1 amide bonds. The van der Waals surface area contributed by atoms with E-state index in [1.54, 1.807) is 20.8 Å². The second-order valence-electron chi connectivity index (χ2n) is 7.10.